The predicted octanol–water partition coefficient (Wildman–Crippen LogP) is 2.91. The standard InChI is InChI=1S/C17H18N2OS/c20-17(19-8-10-21-11-9-19)16-12-4-1-2-6-14(12)18-15-7-3-5-13(15)16/h1-2,4,6H,3,5,7-11H2. The molecule has 2 aromatic rings. The third kappa shape index (κ3) is 2.22. The molecule has 4 heteroatoms. The summed E-state index contributed by atoms with van der Waals surface area (Å²) in [6.07, 6.45) is 3.13. The summed E-state index contributed by atoms with van der Waals surface area (Å²) in [7, 11) is 0. The molecule has 0 bridgehead atoms. The van der Waals surface area contributed by atoms with Crippen LogP contribution in [0.15, 0.2) is 24.3 Å². The minimum atomic E-state index is 0.215. The third-order valence-corrected chi connectivity index (χ3v) is 5.37. The third-order valence-electron chi connectivity index (χ3n) is 4.43. The van der Waals surface area contributed by atoms with E-state index in [0.29, 0.717) is 0 Å². The Balaban J connectivity index is 1.88. The molecule has 1 fully saturated rings. The van der Waals surface area contributed by atoms with E-state index in [9.17, 15) is 4.79 Å². The zero-order chi connectivity index (χ0) is 14.2. The van der Waals surface area contributed by atoms with Crippen molar-refractivity contribution in [2.24, 2.45) is 0 Å². The van der Waals surface area contributed by atoms with Crippen molar-refractivity contribution < 1.29 is 4.79 Å². The van der Waals surface area contributed by atoms with Crippen molar-refractivity contribution in [2.75, 3.05) is 24.6 Å². The molecule has 4 rings (SSSR count). The Morgan fingerprint density at radius 2 is 1.95 bits per heavy atom. The number of benzene rings is 1. The van der Waals surface area contributed by atoms with E-state index in [1.807, 2.05) is 40.9 Å². The molecule has 1 aliphatic carbocycles. The van der Waals surface area contributed by atoms with Gasteiger partial charge in [-0.05, 0) is 30.9 Å². The van der Waals surface area contributed by atoms with Crippen LogP contribution in [0.4, 0.5) is 0 Å². The maximum absolute atomic E-state index is 13.1. The van der Waals surface area contributed by atoms with Gasteiger partial charge in [-0.15, -0.1) is 0 Å². The molecule has 1 aromatic heterocycles. The highest BCUT2D eigenvalue weighted by atomic mass is 32.2. The van der Waals surface area contributed by atoms with Gasteiger partial charge in [-0.2, -0.15) is 11.8 Å². The SMILES string of the molecule is O=C(c1c2c(nc3ccccc13)CCC2)N1CCSCC1. The van der Waals surface area contributed by atoms with Crippen LogP contribution < -0.4 is 0 Å². The minimum Gasteiger partial charge on any atom is -0.337 e. The van der Waals surface area contributed by atoms with E-state index >= 15 is 0 Å². The number of carbonyl (C=O) groups excluding carboxylic acids is 1. The highest BCUT2D eigenvalue weighted by molar-refractivity contribution is 7.99. The van der Waals surface area contributed by atoms with Gasteiger partial charge >= 0.3 is 0 Å². The van der Waals surface area contributed by atoms with Gasteiger partial charge in [-0.25, -0.2) is 0 Å². The molecule has 1 aromatic carbocycles. The Morgan fingerprint density at radius 1 is 1.14 bits per heavy atom. The Labute approximate surface area is 128 Å². The summed E-state index contributed by atoms with van der Waals surface area (Å²) in [5.74, 6) is 2.32. The number of hydrogen-bond acceptors (Lipinski definition) is 3. The van der Waals surface area contributed by atoms with Crippen LogP contribution in [0.25, 0.3) is 10.9 Å². The van der Waals surface area contributed by atoms with Crippen molar-refractivity contribution in [1.29, 1.82) is 0 Å². The maximum atomic E-state index is 13.1. The fraction of sp³-hybridized carbons (Fsp3) is 0.412. The zero-order valence-corrected chi connectivity index (χ0v) is 12.8. The van der Waals surface area contributed by atoms with Crippen molar-refractivity contribution in [3.8, 4) is 0 Å². The maximum Gasteiger partial charge on any atom is 0.254 e. The Morgan fingerprint density at radius 3 is 2.81 bits per heavy atom. The van der Waals surface area contributed by atoms with Gasteiger partial charge in [-0.3, -0.25) is 9.78 Å². The van der Waals surface area contributed by atoms with Gasteiger partial charge in [-0.1, -0.05) is 18.2 Å². The van der Waals surface area contributed by atoms with Gasteiger partial charge < -0.3 is 4.90 Å². The van der Waals surface area contributed by atoms with Gasteiger partial charge in [0.05, 0.1) is 11.1 Å². The molecular formula is C17H18N2OS. The number of fused-ring (bicyclic) bond motifs is 2. The number of aromatic nitrogens is 1. The van der Waals surface area contributed by atoms with Crippen LogP contribution in [0.5, 0.6) is 0 Å². The lowest BCUT2D eigenvalue weighted by Gasteiger charge is -2.27. The number of thioether (sulfide) groups is 1. The summed E-state index contributed by atoms with van der Waals surface area (Å²) < 4.78 is 0. The summed E-state index contributed by atoms with van der Waals surface area (Å²) >= 11 is 1.93. The first-order chi connectivity index (χ1) is 10.3. The lowest BCUT2D eigenvalue weighted by atomic mass is 10.00. The first-order valence-electron chi connectivity index (χ1n) is 7.62. The van der Waals surface area contributed by atoms with Crippen LogP contribution in [0.2, 0.25) is 0 Å². The van der Waals surface area contributed by atoms with Gasteiger partial charge in [0.25, 0.3) is 5.91 Å². The molecule has 0 radical (unpaired) electrons. The van der Waals surface area contributed by atoms with Crippen molar-refractivity contribution in [3.63, 3.8) is 0 Å². The van der Waals surface area contributed by atoms with Crippen LogP contribution in [0.3, 0.4) is 0 Å². The van der Waals surface area contributed by atoms with Gasteiger partial charge in [0.2, 0.25) is 0 Å². The van der Waals surface area contributed by atoms with Crippen LogP contribution in [0.1, 0.15) is 28.0 Å². The molecule has 0 atom stereocenters. The average Bonchev–Trinajstić information content (AvgIpc) is 3.00. The average molecular weight is 298 g/mol. The summed E-state index contributed by atoms with van der Waals surface area (Å²) in [4.78, 5) is 19.9. The van der Waals surface area contributed by atoms with E-state index in [4.69, 9.17) is 4.98 Å². The fourth-order valence-electron chi connectivity index (χ4n) is 3.38. The number of hydrogen-bond donors (Lipinski definition) is 0. The molecule has 0 unspecified atom stereocenters. The molecule has 3 nitrogen and oxygen atoms in total. The number of aryl methyl sites for hydroxylation is 1. The molecule has 1 aliphatic heterocycles. The van der Waals surface area contributed by atoms with E-state index in [-0.39, 0.29) is 5.91 Å². The monoisotopic (exact) mass is 298 g/mol. The lowest BCUT2D eigenvalue weighted by molar-refractivity contribution is 0.0773. The molecule has 0 saturated carbocycles. The summed E-state index contributed by atoms with van der Waals surface area (Å²) in [6, 6.07) is 8.08. The largest absolute Gasteiger partial charge is 0.337 e. The molecule has 0 spiro atoms. The van der Waals surface area contributed by atoms with E-state index < -0.39 is 0 Å². The highest BCUT2D eigenvalue weighted by Gasteiger charge is 2.27. The van der Waals surface area contributed by atoms with Crippen LogP contribution >= 0.6 is 11.8 Å². The van der Waals surface area contributed by atoms with Crippen molar-refractivity contribution in [1.82, 2.24) is 9.88 Å². The first-order valence-corrected chi connectivity index (χ1v) is 8.77. The normalized spacial score (nSPS) is 18.0. The van der Waals surface area contributed by atoms with Gasteiger partial charge in [0.15, 0.2) is 0 Å². The van der Waals surface area contributed by atoms with E-state index in [1.165, 1.54) is 5.56 Å². The second-order valence-electron chi connectivity index (χ2n) is 5.69. The first kappa shape index (κ1) is 13.1. The minimum absolute atomic E-state index is 0.215. The molecule has 0 N–H and O–H groups in total. The molecule has 108 valence electrons. The van der Waals surface area contributed by atoms with Crippen molar-refractivity contribution in [3.05, 3.63) is 41.1 Å². The van der Waals surface area contributed by atoms with E-state index in [1.54, 1.807) is 0 Å². The summed E-state index contributed by atoms with van der Waals surface area (Å²) in [5, 5.41) is 1.03. The topological polar surface area (TPSA) is 33.2 Å². The van der Waals surface area contributed by atoms with Crippen LogP contribution in [-0.4, -0.2) is 40.4 Å². The molecule has 1 amide bonds. The number of pyridine rings is 1. The smallest absolute Gasteiger partial charge is 0.254 e. The quantitative estimate of drug-likeness (QED) is 0.811. The van der Waals surface area contributed by atoms with Gasteiger partial charge in [0, 0.05) is 35.7 Å². The highest BCUT2D eigenvalue weighted by Crippen LogP contribution is 2.31. The summed E-state index contributed by atoms with van der Waals surface area (Å²) in [6.45, 7) is 1.74. The zero-order valence-electron chi connectivity index (χ0n) is 12.0. The Bertz CT molecular complexity index is 707. The molecular weight excluding hydrogens is 280 g/mol. The molecule has 2 aliphatic rings. The van der Waals surface area contributed by atoms with Crippen LogP contribution in [-0.2, 0) is 12.8 Å². The lowest BCUT2D eigenvalue weighted by Crippen LogP contribution is -2.38. The number of para-hydroxylation sites is 1. The van der Waals surface area contributed by atoms with Crippen LogP contribution in [0, 0.1) is 0 Å². The van der Waals surface area contributed by atoms with Gasteiger partial charge in [0.1, 0.15) is 0 Å². The molecule has 1 saturated heterocycles. The van der Waals surface area contributed by atoms with Crippen molar-refractivity contribution in [2.45, 2.75) is 19.3 Å². The molecule has 2 heterocycles. The molecule has 21 heavy (non-hydrogen) atoms. The number of amides is 1. The van der Waals surface area contributed by atoms with Crippen molar-refractivity contribution >= 4 is 28.6 Å². The van der Waals surface area contributed by atoms with E-state index in [0.717, 1.165) is 66.0 Å². The second-order valence-corrected chi connectivity index (χ2v) is 6.91. The second kappa shape index (κ2) is 5.34. The number of rotatable bonds is 1. The predicted molar refractivity (Wildman–Crippen MR) is 87.0 cm³/mol. The number of carbonyl (C=O) groups is 1. The fourth-order valence-corrected chi connectivity index (χ4v) is 4.28. The summed E-state index contributed by atoms with van der Waals surface area (Å²) in [5.41, 5.74) is 4.24. The van der Waals surface area contributed by atoms with E-state index in [2.05, 4.69) is 0 Å². The Hall–Kier alpha value is -1.55. The Kier molecular flexibility index (Phi) is 3.34. The number of nitrogens with zero attached hydrogens (tertiary/aromatic N) is 2.